The van der Waals surface area contributed by atoms with E-state index in [-0.39, 0.29) is 0 Å². The van der Waals surface area contributed by atoms with E-state index >= 15 is 0 Å². The molecule has 1 atom stereocenters. The minimum atomic E-state index is -0.716. The highest BCUT2D eigenvalue weighted by Crippen LogP contribution is 2.06. The van der Waals surface area contributed by atoms with Gasteiger partial charge in [-0.05, 0) is 24.2 Å². The third-order valence-electron chi connectivity index (χ3n) is 1.23. The highest BCUT2D eigenvalue weighted by molar-refractivity contribution is 7.90. The van der Waals surface area contributed by atoms with Gasteiger partial charge in [0.2, 0.25) is 0 Å². The van der Waals surface area contributed by atoms with E-state index in [0.29, 0.717) is 11.5 Å². The molecule has 3 heteroatoms. The Kier molecular flexibility index (Phi) is 2.83. The van der Waals surface area contributed by atoms with E-state index in [1.165, 1.54) is 0 Å². The molecule has 0 radical (unpaired) electrons. The fraction of sp³-hybridized carbons (Fsp3) is 0.429. The van der Waals surface area contributed by atoms with Crippen molar-refractivity contribution < 1.29 is 8.97 Å². The Balaban J connectivity index is 2.40. The maximum atomic E-state index is 10.9. The highest BCUT2D eigenvalue weighted by Gasteiger charge is 2.04. The third kappa shape index (κ3) is 2.08. The van der Waals surface area contributed by atoms with E-state index in [1.807, 2.05) is 13.0 Å². The molecule has 0 N–H and O–H groups in total. The number of furan rings is 1. The van der Waals surface area contributed by atoms with E-state index in [2.05, 4.69) is 0 Å². The van der Waals surface area contributed by atoms with Gasteiger partial charge in [0.15, 0.2) is 0 Å². The molecule has 10 heavy (non-hydrogen) atoms. The lowest BCUT2D eigenvalue weighted by Gasteiger charge is -2.05. The van der Waals surface area contributed by atoms with Crippen molar-refractivity contribution in [2.45, 2.75) is 12.7 Å². The van der Waals surface area contributed by atoms with Crippen LogP contribution in [-0.2, 0) is 16.9 Å². The predicted molar refractivity (Wildman–Crippen MR) is 41.1 cm³/mol. The Hall–Kier alpha value is -0.410. The average Bonchev–Trinajstić information content (AvgIpc) is 2.40. The molecule has 0 aliphatic carbocycles. The average molecular weight is 158 g/mol. The Bertz CT molecular complexity index is 172. The molecule has 0 saturated heterocycles. The zero-order valence-corrected chi connectivity index (χ0v) is 6.69. The molecular formula is C7H10O2S. The van der Waals surface area contributed by atoms with Gasteiger partial charge in [0.05, 0.1) is 12.5 Å². The van der Waals surface area contributed by atoms with Crippen molar-refractivity contribution in [3.63, 3.8) is 0 Å². The van der Waals surface area contributed by atoms with Crippen LogP contribution < -0.4 is 0 Å². The van der Waals surface area contributed by atoms with Gasteiger partial charge >= 0.3 is 0 Å². The predicted octanol–water partition coefficient (Wildman–Crippen LogP) is 1.55. The summed E-state index contributed by atoms with van der Waals surface area (Å²) in [6.07, 6.45) is 3.23. The van der Waals surface area contributed by atoms with Gasteiger partial charge in [-0.2, -0.15) is 0 Å². The lowest BCUT2D eigenvalue weighted by atomic mass is 10.4. The van der Waals surface area contributed by atoms with Crippen LogP contribution in [0.15, 0.2) is 23.0 Å². The van der Waals surface area contributed by atoms with Gasteiger partial charge in [0.25, 0.3) is 0 Å². The number of hydrogen-bond donors (Lipinski definition) is 0. The first-order chi connectivity index (χ1) is 4.83. The summed E-state index contributed by atoms with van der Waals surface area (Å²) in [5.41, 5.74) is 1.01. The molecule has 1 heterocycles. The molecule has 0 aliphatic rings. The van der Waals surface area contributed by atoms with E-state index in [4.69, 9.17) is 4.42 Å². The fourth-order valence-electron chi connectivity index (χ4n) is 0.663. The highest BCUT2D eigenvalue weighted by atomic mass is 32.2. The van der Waals surface area contributed by atoms with Gasteiger partial charge in [-0.1, -0.05) is 0 Å². The summed E-state index contributed by atoms with van der Waals surface area (Å²) in [7, 11) is 0. The first-order valence-corrected chi connectivity index (χ1v) is 4.67. The largest absolute Gasteiger partial charge is 0.616 e. The zero-order valence-electron chi connectivity index (χ0n) is 5.87. The van der Waals surface area contributed by atoms with Crippen LogP contribution in [0, 0.1) is 0 Å². The first kappa shape index (κ1) is 7.69. The monoisotopic (exact) mass is 158 g/mol. The van der Waals surface area contributed by atoms with Crippen LogP contribution in [0.25, 0.3) is 0 Å². The normalized spacial score (nSPS) is 13.4. The Morgan fingerprint density at radius 2 is 2.50 bits per heavy atom. The molecule has 1 rings (SSSR count). The van der Waals surface area contributed by atoms with E-state index in [1.54, 1.807) is 12.5 Å². The lowest BCUT2D eigenvalue weighted by molar-refractivity contribution is 0.563. The van der Waals surface area contributed by atoms with Crippen molar-refractivity contribution in [3.05, 3.63) is 24.2 Å². The molecule has 2 nitrogen and oxygen atoms in total. The van der Waals surface area contributed by atoms with Gasteiger partial charge in [-0.15, -0.1) is 0 Å². The lowest BCUT2D eigenvalue weighted by Crippen LogP contribution is -2.05. The topological polar surface area (TPSA) is 36.2 Å². The van der Waals surface area contributed by atoms with Crippen LogP contribution >= 0.6 is 0 Å². The van der Waals surface area contributed by atoms with Crippen LogP contribution in [0.3, 0.4) is 0 Å². The summed E-state index contributed by atoms with van der Waals surface area (Å²) in [6.45, 7) is 1.91. The van der Waals surface area contributed by atoms with Crippen LogP contribution in [0.5, 0.6) is 0 Å². The second kappa shape index (κ2) is 3.68. The molecule has 0 saturated carbocycles. The van der Waals surface area contributed by atoms with Crippen LogP contribution in [0.2, 0.25) is 0 Å². The maximum Gasteiger partial charge on any atom is 0.133 e. The van der Waals surface area contributed by atoms with E-state index in [0.717, 1.165) is 5.56 Å². The molecule has 56 valence electrons. The van der Waals surface area contributed by atoms with Gasteiger partial charge in [0, 0.05) is 5.56 Å². The van der Waals surface area contributed by atoms with Gasteiger partial charge in [0.1, 0.15) is 11.5 Å². The summed E-state index contributed by atoms with van der Waals surface area (Å²) in [4.78, 5) is 0. The molecule has 1 aromatic heterocycles. The summed E-state index contributed by atoms with van der Waals surface area (Å²) in [5.74, 6) is 1.33. The van der Waals surface area contributed by atoms with Crippen LogP contribution in [-0.4, -0.2) is 10.3 Å². The molecular weight excluding hydrogens is 148 g/mol. The van der Waals surface area contributed by atoms with Crippen molar-refractivity contribution in [3.8, 4) is 0 Å². The molecule has 1 unspecified atom stereocenters. The quantitative estimate of drug-likeness (QED) is 0.626. The standard InChI is InChI=1S/C7H10O2S/c1-2-10(8)6-7-3-4-9-5-7/h3-5H,2,6H2,1H3. The molecule has 0 aromatic carbocycles. The smallest absolute Gasteiger partial charge is 0.133 e. The van der Waals surface area contributed by atoms with Crippen molar-refractivity contribution in [2.24, 2.45) is 0 Å². The number of hydrogen-bond acceptors (Lipinski definition) is 2. The molecule has 0 fully saturated rings. The number of rotatable bonds is 3. The summed E-state index contributed by atoms with van der Waals surface area (Å²) >= 11 is -0.716. The fourth-order valence-corrected chi connectivity index (χ4v) is 1.40. The molecule has 0 aliphatic heterocycles. The SMILES string of the molecule is CC[S+]([O-])Cc1ccoc1. The van der Waals surface area contributed by atoms with E-state index in [9.17, 15) is 4.55 Å². The van der Waals surface area contributed by atoms with Crippen molar-refractivity contribution >= 4 is 11.2 Å². The van der Waals surface area contributed by atoms with Gasteiger partial charge in [-0.25, -0.2) is 0 Å². The third-order valence-corrected chi connectivity index (χ3v) is 2.53. The minimum Gasteiger partial charge on any atom is -0.616 e. The maximum absolute atomic E-state index is 10.9. The van der Waals surface area contributed by atoms with Crippen molar-refractivity contribution in [1.82, 2.24) is 0 Å². The molecule has 0 amide bonds. The van der Waals surface area contributed by atoms with Crippen LogP contribution in [0.4, 0.5) is 0 Å². The summed E-state index contributed by atoms with van der Waals surface area (Å²) in [6, 6.07) is 1.84. The second-order valence-corrected chi connectivity index (χ2v) is 3.75. The summed E-state index contributed by atoms with van der Waals surface area (Å²) in [5, 5.41) is 0. The Morgan fingerprint density at radius 3 is 3.00 bits per heavy atom. The molecule has 0 bridgehead atoms. The van der Waals surface area contributed by atoms with Crippen molar-refractivity contribution in [1.29, 1.82) is 0 Å². The summed E-state index contributed by atoms with van der Waals surface area (Å²) < 4.78 is 15.8. The Labute approximate surface area is 63.4 Å². The molecule has 0 spiro atoms. The zero-order chi connectivity index (χ0) is 7.40. The first-order valence-electron chi connectivity index (χ1n) is 3.19. The van der Waals surface area contributed by atoms with Crippen LogP contribution in [0.1, 0.15) is 12.5 Å². The molecule has 1 aromatic rings. The Morgan fingerprint density at radius 1 is 1.70 bits per heavy atom. The van der Waals surface area contributed by atoms with Gasteiger partial charge in [-0.3, -0.25) is 0 Å². The second-order valence-electron chi connectivity index (χ2n) is 2.00. The van der Waals surface area contributed by atoms with Crippen molar-refractivity contribution in [2.75, 3.05) is 5.75 Å². The van der Waals surface area contributed by atoms with E-state index < -0.39 is 11.2 Å². The van der Waals surface area contributed by atoms with Gasteiger partial charge < -0.3 is 8.97 Å². The minimum absolute atomic E-state index is 0.618.